The quantitative estimate of drug-likeness (QED) is 0.548. The molecule has 0 unspecified atom stereocenters. The first-order chi connectivity index (χ1) is 7.24. The maximum Gasteiger partial charge on any atom is 0.206 e. The van der Waals surface area contributed by atoms with E-state index in [1.807, 2.05) is 19.9 Å². The molecule has 0 aliphatic heterocycles. The second-order valence-corrected chi connectivity index (χ2v) is 3.44. The van der Waals surface area contributed by atoms with Gasteiger partial charge in [-0.15, -0.1) is 0 Å². The fourth-order valence-electron chi connectivity index (χ4n) is 1.58. The monoisotopic (exact) mass is 206 g/mol. The first-order valence-corrected chi connectivity index (χ1v) is 5.46. The van der Waals surface area contributed by atoms with E-state index < -0.39 is 0 Å². The zero-order chi connectivity index (χ0) is 11.3. The Labute approximate surface area is 90.8 Å². The Balaban J connectivity index is 2.95. The van der Waals surface area contributed by atoms with Crippen LogP contribution in [0.15, 0.2) is 23.9 Å². The Morgan fingerprint density at radius 1 is 1.53 bits per heavy atom. The van der Waals surface area contributed by atoms with Gasteiger partial charge in [0.15, 0.2) is 0 Å². The van der Waals surface area contributed by atoms with Crippen LogP contribution in [0.5, 0.6) is 0 Å². The summed E-state index contributed by atoms with van der Waals surface area (Å²) in [6, 6.07) is 1.79. The number of allylic oxidation sites excluding steroid dienone is 2. The lowest BCUT2D eigenvalue weighted by Gasteiger charge is -2.06. The number of carbonyl (C=O) groups is 1. The van der Waals surface area contributed by atoms with E-state index in [0.29, 0.717) is 5.69 Å². The zero-order valence-corrected chi connectivity index (χ0v) is 9.66. The molecule has 0 bridgehead atoms. The molecular weight excluding hydrogens is 188 g/mol. The molecule has 0 atom stereocenters. The van der Waals surface area contributed by atoms with E-state index in [-0.39, 0.29) is 5.78 Å². The largest absolute Gasteiger partial charge is 0.287 e. The Hall–Kier alpha value is -1.38. The molecule has 0 spiro atoms. The fraction of sp³-hybridized carbons (Fsp3) is 0.500. The molecule has 0 amide bonds. The molecule has 3 nitrogen and oxygen atoms in total. The molecular formula is C12H18N2O. The fourth-order valence-corrected chi connectivity index (χ4v) is 1.58. The van der Waals surface area contributed by atoms with Crippen LogP contribution in [-0.4, -0.2) is 15.6 Å². The lowest BCUT2D eigenvalue weighted by atomic mass is 10.1. The van der Waals surface area contributed by atoms with Crippen LogP contribution in [0.2, 0.25) is 0 Å². The predicted molar refractivity (Wildman–Crippen MR) is 60.9 cm³/mol. The van der Waals surface area contributed by atoms with Gasteiger partial charge in [-0.2, -0.15) is 5.10 Å². The third kappa shape index (κ3) is 2.55. The Morgan fingerprint density at radius 2 is 2.27 bits per heavy atom. The summed E-state index contributed by atoms with van der Waals surface area (Å²) in [6.07, 6.45) is 5.32. The molecule has 0 aliphatic carbocycles. The molecule has 0 aliphatic rings. The van der Waals surface area contributed by atoms with Crippen molar-refractivity contribution >= 4 is 5.78 Å². The van der Waals surface area contributed by atoms with E-state index in [0.717, 1.165) is 25.0 Å². The minimum Gasteiger partial charge on any atom is -0.287 e. The number of Topliss-reactive ketones (excluding diaryl/α,β-unsaturated/α-hetero) is 1. The normalized spacial score (nSPS) is 11.8. The van der Waals surface area contributed by atoms with Crippen LogP contribution < -0.4 is 0 Å². The van der Waals surface area contributed by atoms with Crippen LogP contribution in [0.25, 0.3) is 0 Å². The average molecular weight is 206 g/mol. The van der Waals surface area contributed by atoms with E-state index in [1.165, 1.54) is 0 Å². The first kappa shape index (κ1) is 11.7. The number of rotatable bonds is 5. The molecule has 0 aromatic carbocycles. The van der Waals surface area contributed by atoms with E-state index >= 15 is 0 Å². The minimum atomic E-state index is 0.103. The summed E-state index contributed by atoms with van der Waals surface area (Å²) in [5.41, 5.74) is 1.56. The molecule has 0 saturated heterocycles. The second-order valence-electron chi connectivity index (χ2n) is 3.44. The number of hydrogen-bond acceptors (Lipinski definition) is 2. The van der Waals surface area contributed by atoms with Gasteiger partial charge in [-0.05, 0) is 31.4 Å². The summed E-state index contributed by atoms with van der Waals surface area (Å²) in [6.45, 7) is 6.77. The van der Waals surface area contributed by atoms with Crippen molar-refractivity contribution in [2.45, 2.75) is 40.2 Å². The summed E-state index contributed by atoms with van der Waals surface area (Å²) < 4.78 is 1.78. The van der Waals surface area contributed by atoms with Crippen LogP contribution in [0.1, 0.15) is 44.1 Å². The number of carbonyl (C=O) groups excluding carboxylic acids is 1. The molecule has 15 heavy (non-hydrogen) atoms. The molecule has 0 saturated carbocycles. The average Bonchev–Trinajstić information content (AvgIpc) is 2.68. The van der Waals surface area contributed by atoms with Crippen molar-refractivity contribution in [1.29, 1.82) is 0 Å². The molecule has 0 fully saturated rings. The van der Waals surface area contributed by atoms with Crippen molar-refractivity contribution in [2.24, 2.45) is 0 Å². The van der Waals surface area contributed by atoms with Crippen LogP contribution in [-0.2, 0) is 6.54 Å². The number of aromatic nitrogens is 2. The van der Waals surface area contributed by atoms with E-state index in [1.54, 1.807) is 16.9 Å². The van der Waals surface area contributed by atoms with Gasteiger partial charge >= 0.3 is 0 Å². The van der Waals surface area contributed by atoms with E-state index in [4.69, 9.17) is 0 Å². The number of hydrogen-bond donors (Lipinski definition) is 0. The van der Waals surface area contributed by atoms with Gasteiger partial charge in [-0.25, -0.2) is 0 Å². The Kier molecular flexibility index (Phi) is 4.28. The molecule has 1 aromatic heterocycles. The van der Waals surface area contributed by atoms with Crippen molar-refractivity contribution < 1.29 is 4.79 Å². The maximum absolute atomic E-state index is 12.0. The number of nitrogens with zero attached hydrogens (tertiary/aromatic N) is 2. The summed E-state index contributed by atoms with van der Waals surface area (Å²) in [4.78, 5) is 12.0. The smallest absolute Gasteiger partial charge is 0.206 e. The highest BCUT2D eigenvalue weighted by Gasteiger charge is 2.14. The SMILES string of the molecule is C/C=C(\CC)C(=O)c1ccnn1CCC. The van der Waals surface area contributed by atoms with Crippen molar-refractivity contribution in [3.05, 3.63) is 29.6 Å². The Morgan fingerprint density at radius 3 is 2.80 bits per heavy atom. The van der Waals surface area contributed by atoms with Gasteiger partial charge in [0, 0.05) is 12.7 Å². The Bertz CT molecular complexity index is 363. The van der Waals surface area contributed by atoms with Crippen LogP contribution in [0.3, 0.4) is 0 Å². The predicted octanol–water partition coefficient (Wildman–Crippen LogP) is 2.83. The van der Waals surface area contributed by atoms with Crippen LogP contribution >= 0.6 is 0 Å². The number of aryl methyl sites for hydroxylation is 1. The van der Waals surface area contributed by atoms with Gasteiger partial charge in [0.1, 0.15) is 5.69 Å². The van der Waals surface area contributed by atoms with Crippen molar-refractivity contribution in [1.82, 2.24) is 9.78 Å². The minimum absolute atomic E-state index is 0.103. The van der Waals surface area contributed by atoms with E-state index in [9.17, 15) is 4.79 Å². The summed E-state index contributed by atoms with van der Waals surface area (Å²) >= 11 is 0. The van der Waals surface area contributed by atoms with Crippen molar-refractivity contribution in [3.63, 3.8) is 0 Å². The molecule has 82 valence electrons. The highest BCUT2D eigenvalue weighted by Crippen LogP contribution is 2.11. The molecule has 1 rings (SSSR count). The third-order valence-corrected chi connectivity index (χ3v) is 2.41. The van der Waals surface area contributed by atoms with Crippen LogP contribution in [0, 0.1) is 0 Å². The summed E-state index contributed by atoms with van der Waals surface area (Å²) in [5.74, 6) is 0.103. The lowest BCUT2D eigenvalue weighted by molar-refractivity contribution is 0.102. The van der Waals surface area contributed by atoms with Gasteiger partial charge in [0.05, 0.1) is 0 Å². The molecule has 0 radical (unpaired) electrons. The van der Waals surface area contributed by atoms with Gasteiger partial charge in [-0.1, -0.05) is 19.9 Å². The van der Waals surface area contributed by atoms with E-state index in [2.05, 4.69) is 12.0 Å². The highest BCUT2D eigenvalue weighted by atomic mass is 16.1. The second kappa shape index (κ2) is 5.49. The van der Waals surface area contributed by atoms with Gasteiger partial charge in [0.2, 0.25) is 5.78 Å². The zero-order valence-electron chi connectivity index (χ0n) is 9.66. The highest BCUT2D eigenvalue weighted by molar-refractivity contribution is 6.07. The molecule has 0 N–H and O–H groups in total. The molecule has 3 heteroatoms. The van der Waals surface area contributed by atoms with Crippen molar-refractivity contribution in [2.75, 3.05) is 0 Å². The maximum atomic E-state index is 12.0. The van der Waals surface area contributed by atoms with Gasteiger partial charge in [-0.3, -0.25) is 9.48 Å². The molecule has 1 heterocycles. The molecule has 1 aromatic rings. The van der Waals surface area contributed by atoms with Gasteiger partial charge in [0.25, 0.3) is 0 Å². The lowest BCUT2D eigenvalue weighted by Crippen LogP contribution is -2.12. The third-order valence-electron chi connectivity index (χ3n) is 2.41. The van der Waals surface area contributed by atoms with Crippen LogP contribution in [0.4, 0.5) is 0 Å². The first-order valence-electron chi connectivity index (χ1n) is 5.46. The number of ketones is 1. The summed E-state index contributed by atoms with van der Waals surface area (Å²) in [5, 5.41) is 4.15. The van der Waals surface area contributed by atoms with Crippen molar-refractivity contribution in [3.8, 4) is 0 Å². The topological polar surface area (TPSA) is 34.9 Å². The standard InChI is InChI=1S/C12H18N2O/c1-4-9-14-11(7-8-13-14)12(15)10(5-2)6-3/h5,7-8H,4,6,9H2,1-3H3/b10-5+. The summed E-state index contributed by atoms with van der Waals surface area (Å²) in [7, 11) is 0. The van der Waals surface area contributed by atoms with Gasteiger partial charge < -0.3 is 0 Å².